The van der Waals surface area contributed by atoms with E-state index >= 15 is 0 Å². The number of hydrogen-bond donors (Lipinski definition) is 1. The Hall–Kier alpha value is -1.77. The van der Waals surface area contributed by atoms with Gasteiger partial charge in [-0.25, -0.2) is 0 Å². The molecule has 2 aromatic rings. The third kappa shape index (κ3) is 6.35. The summed E-state index contributed by atoms with van der Waals surface area (Å²) in [5, 5.41) is 20.2. The Morgan fingerprint density at radius 2 is 2.03 bits per heavy atom. The van der Waals surface area contributed by atoms with Crippen molar-refractivity contribution in [1.82, 2.24) is 19.7 Å². The summed E-state index contributed by atoms with van der Waals surface area (Å²) in [7, 11) is 0. The first-order valence-corrected chi connectivity index (χ1v) is 11.3. The van der Waals surface area contributed by atoms with Crippen molar-refractivity contribution in [3.05, 3.63) is 35.1 Å². The van der Waals surface area contributed by atoms with Crippen LogP contribution in [-0.4, -0.2) is 55.7 Å². The van der Waals surface area contributed by atoms with Gasteiger partial charge in [0, 0.05) is 30.3 Å². The molecule has 0 radical (unpaired) electrons. The minimum Gasteiger partial charge on any atom is -0.491 e. The monoisotopic (exact) mass is 438 g/mol. The molecule has 1 fully saturated rings. The molecule has 158 valence electrons. The fraction of sp³-hybridized carbons (Fsp3) is 0.550. The molecule has 1 saturated heterocycles. The number of carbonyl (C=O) groups excluding carboxylic acids is 1. The van der Waals surface area contributed by atoms with Gasteiger partial charge in [0.05, 0.1) is 12.6 Å². The minimum absolute atomic E-state index is 0.185. The molecule has 1 aromatic carbocycles. The number of halogens is 1. The highest BCUT2D eigenvalue weighted by molar-refractivity contribution is 7.99. The molecule has 1 N–H and O–H groups in total. The van der Waals surface area contributed by atoms with Crippen molar-refractivity contribution < 1.29 is 14.6 Å². The lowest BCUT2D eigenvalue weighted by atomic mass is 10.2. The maximum Gasteiger partial charge on any atom is 0.222 e. The first kappa shape index (κ1) is 21.9. The third-order valence-electron chi connectivity index (χ3n) is 4.77. The predicted octanol–water partition coefficient (Wildman–Crippen LogP) is 3.39. The molecule has 0 spiro atoms. The van der Waals surface area contributed by atoms with Gasteiger partial charge < -0.3 is 19.3 Å². The van der Waals surface area contributed by atoms with E-state index < -0.39 is 6.10 Å². The number of aromatic nitrogens is 3. The van der Waals surface area contributed by atoms with Gasteiger partial charge in [0.15, 0.2) is 11.0 Å². The molecule has 1 aliphatic heterocycles. The van der Waals surface area contributed by atoms with E-state index in [9.17, 15) is 9.90 Å². The third-order valence-corrected chi connectivity index (χ3v) is 6.14. The number of thioether (sulfide) groups is 1. The Bertz CT molecular complexity index is 800. The van der Waals surface area contributed by atoms with Crippen LogP contribution in [0.4, 0.5) is 0 Å². The van der Waals surface area contributed by atoms with Crippen LogP contribution in [-0.2, 0) is 17.9 Å². The van der Waals surface area contributed by atoms with Crippen LogP contribution in [0, 0.1) is 0 Å². The number of aliphatic hydroxyl groups excluding tert-OH is 1. The van der Waals surface area contributed by atoms with Crippen molar-refractivity contribution in [2.75, 3.05) is 18.9 Å². The second-order valence-corrected chi connectivity index (χ2v) is 8.42. The molecule has 7 nitrogen and oxygen atoms in total. The second kappa shape index (κ2) is 10.8. The van der Waals surface area contributed by atoms with Crippen LogP contribution in [0.25, 0.3) is 0 Å². The summed E-state index contributed by atoms with van der Waals surface area (Å²) in [4.78, 5) is 14.1. The Kier molecular flexibility index (Phi) is 8.20. The van der Waals surface area contributed by atoms with Gasteiger partial charge in [-0.05, 0) is 44.0 Å². The lowest BCUT2D eigenvalue weighted by molar-refractivity contribution is -0.131. The summed E-state index contributed by atoms with van der Waals surface area (Å²) in [6.07, 6.45) is 3.07. The standard InChI is InChI=1S/C20H27ClN4O3S/c1-2-25-18(12-24-11-5-3-4-6-19(24)27)22-23-20(25)29-14-16(26)13-28-17-9-7-15(21)8-10-17/h7-10,16,26H,2-6,11-14H2,1H3/t16-/m0/s1. The number of rotatable bonds is 9. The summed E-state index contributed by atoms with van der Waals surface area (Å²) in [6, 6.07) is 7.04. The molecule has 1 aliphatic rings. The second-order valence-electron chi connectivity index (χ2n) is 7.00. The summed E-state index contributed by atoms with van der Waals surface area (Å²) >= 11 is 7.29. The number of nitrogens with zero attached hydrogens (tertiary/aromatic N) is 4. The number of aliphatic hydroxyl groups is 1. The van der Waals surface area contributed by atoms with Crippen molar-refractivity contribution in [2.45, 2.75) is 57.0 Å². The highest BCUT2D eigenvalue weighted by atomic mass is 35.5. The van der Waals surface area contributed by atoms with Gasteiger partial charge in [0.2, 0.25) is 5.91 Å². The van der Waals surface area contributed by atoms with E-state index in [1.165, 1.54) is 11.8 Å². The van der Waals surface area contributed by atoms with Crippen molar-refractivity contribution >= 4 is 29.3 Å². The first-order chi connectivity index (χ1) is 14.1. The Balaban J connectivity index is 1.52. The quantitative estimate of drug-likeness (QED) is 0.604. The van der Waals surface area contributed by atoms with Gasteiger partial charge in [0.25, 0.3) is 0 Å². The fourth-order valence-electron chi connectivity index (χ4n) is 3.18. The van der Waals surface area contributed by atoms with Crippen LogP contribution in [0.15, 0.2) is 29.4 Å². The number of likely N-dealkylation sites (tertiary alicyclic amines) is 1. The molecule has 9 heteroatoms. The van der Waals surface area contributed by atoms with Gasteiger partial charge in [0.1, 0.15) is 12.4 Å². The van der Waals surface area contributed by atoms with E-state index in [0.717, 1.165) is 36.8 Å². The van der Waals surface area contributed by atoms with Gasteiger partial charge in [-0.3, -0.25) is 4.79 Å². The van der Waals surface area contributed by atoms with E-state index in [1.807, 2.05) is 16.4 Å². The smallest absolute Gasteiger partial charge is 0.222 e. The first-order valence-electron chi connectivity index (χ1n) is 9.96. The molecule has 29 heavy (non-hydrogen) atoms. The largest absolute Gasteiger partial charge is 0.491 e. The Labute approximate surface area is 180 Å². The summed E-state index contributed by atoms with van der Waals surface area (Å²) in [5.41, 5.74) is 0. The molecular weight excluding hydrogens is 412 g/mol. The Morgan fingerprint density at radius 3 is 2.79 bits per heavy atom. The predicted molar refractivity (Wildman–Crippen MR) is 113 cm³/mol. The highest BCUT2D eigenvalue weighted by Crippen LogP contribution is 2.21. The summed E-state index contributed by atoms with van der Waals surface area (Å²) < 4.78 is 7.60. The topological polar surface area (TPSA) is 80.5 Å². The van der Waals surface area contributed by atoms with E-state index in [2.05, 4.69) is 10.2 Å². The van der Waals surface area contributed by atoms with Crippen LogP contribution in [0.3, 0.4) is 0 Å². The number of amides is 1. The normalized spacial score (nSPS) is 16.0. The summed E-state index contributed by atoms with van der Waals surface area (Å²) in [5.74, 6) is 2.09. The van der Waals surface area contributed by atoms with Crippen molar-refractivity contribution in [1.29, 1.82) is 0 Å². The van der Waals surface area contributed by atoms with Crippen LogP contribution < -0.4 is 4.74 Å². The van der Waals surface area contributed by atoms with E-state index in [4.69, 9.17) is 16.3 Å². The zero-order valence-electron chi connectivity index (χ0n) is 16.6. The lowest BCUT2D eigenvalue weighted by Crippen LogP contribution is -2.31. The average molecular weight is 439 g/mol. The molecule has 1 aromatic heterocycles. The van der Waals surface area contributed by atoms with Crippen LogP contribution in [0.1, 0.15) is 38.4 Å². The molecule has 0 saturated carbocycles. The zero-order chi connectivity index (χ0) is 20.6. The SMILES string of the molecule is CCn1c(CN2CCCCCC2=O)nnc1SC[C@@H](O)COc1ccc(Cl)cc1. The van der Waals surface area contributed by atoms with Gasteiger partial charge >= 0.3 is 0 Å². The van der Waals surface area contributed by atoms with Crippen LogP contribution >= 0.6 is 23.4 Å². The van der Waals surface area contributed by atoms with E-state index in [1.54, 1.807) is 24.3 Å². The lowest BCUT2D eigenvalue weighted by Gasteiger charge is -2.20. The van der Waals surface area contributed by atoms with Crippen molar-refractivity contribution in [3.63, 3.8) is 0 Å². The van der Waals surface area contributed by atoms with Crippen molar-refractivity contribution in [2.24, 2.45) is 0 Å². The number of benzene rings is 1. The van der Waals surface area contributed by atoms with E-state index in [-0.39, 0.29) is 12.5 Å². The van der Waals surface area contributed by atoms with E-state index in [0.29, 0.717) is 36.0 Å². The van der Waals surface area contributed by atoms with Crippen molar-refractivity contribution in [3.8, 4) is 5.75 Å². The minimum atomic E-state index is -0.645. The average Bonchev–Trinajstić information content (AvgIpc) is 3.00. The fourth-order valence-corrected chi connectivity index (χ4v) is 4.23. The summed E-state index contributed by atoms with van der Waals surface area (Å²) in [6.45, 7) is 4.19. The number of carbonyl (C=O) groups is 1. The van der Waals surface area contributed by atoms with Gasteiger partial charge in [-0.2, -0.15) is 0 Å². The number of ether oxygens (including phenoxy) is 1. The molecule has 0 bridgehead atoms. The van der Waals surface area contributed by atoms with Crippen LogP contribution in [0.5, 0.6) is 5.75 Å². The molecule has 0 unspecified atom stereocenters. The van der Waals surface area contributed by atoms with Gasteiger partial charge in [-0.15, -0.1) is 10.2 Å². The maximum absolute atomic E-state index is 12.3. The molecule has 1 atom stereocenters. The molecule has 3 rings (SSSR count). The molecular formula is C20H27ClN4O3S. The number of hydrogen-bond acceptors (Lipinski definition) is 6. The molecule has 0 aliphatic carbocycles. The highest BCUT2D eigenvalue weighted by Gasteiger charge is 2.21. The Morgan fingerprint density at radius 1 is 1.24 bits per heavy atom. The van der Waals surface area contributed by atoms with Crippen LogP contribution in [0.2, 0.25) is 5.02 Å². The zero-order valence-corrected chi connectivity index (χ0v) is 18.2. The maximum atomic E-state index is 12.3. The molecule has 1 amide bonds. The van der Waals surface area contributed by atoms with Gasteiger partial charge in [-0.1, -0.05) is 29.8 Å². The molecule has 2 heterocycles.